The van der Waals surface area contributed by atoms with E-state index in [9.17, 15) is 4.39 Å². The molecule has 2 aromatic heterocycles. The molecule has 4 rings (SSSR count). The molecule has 0 spiro atoms. The lowest BCUT2D eigenvalue weighted by atomic mass is 10.0. The minimum Gasteiger partial charge on any atom is -0.495 e. The molecule has 0 radical (unpaired) electrons. The van der Waals surface area contributed by atoms with Gasteiger partial charge in [0.2, 0.25) is 5.82 Å². The van der Waals surface area contributed by atoms with Gasteiger partial charge in [0.25, 0.3) is 0 Å². The molecule has 0 saturated heterocycles. The summed E-state index contributed by atoms with van der Waals surface area (Å²) in [5.74, 6) is 2.31. The molecule has 0 aliphatic rings. The van der Waals surface area contributed by atoms with Gasteiger partial charge in [0.1, 0.15) is 11.6 Å². The minimum absolute atomic E-state index is 0.0539. The maximum atomic E-state index is 13.2. The Morgan fingerprint density at radius 1 is 1.16 bits per heavy atom. The van der Waals surface area contributed by atoms with Gasteiger partial charge in [-0.1, -0.05) is 18.2 Å². The van der Waals surface area contributed by atoms with Crippen molar-refractivity contribution in [3.05, 3.63) is 89.3 Å². The second-order valence-corrected chi connectivity index (χ2v) is 7.49. The third-order valence-electron chi connectivity index (χ3n) is 5.39. The largest absolute Gasteiger partial charge is 0.495 e. The van der Waals surface area contributed by atoms with Crippen LogP contribution in [-0.4, -0.2) is 26.9 Å². The van der Waals surface area contributed by atoms with Crippen LogP contribution in [0.25, 0.3) is 17.8 Å². The van der Waals surface area contributed by atoms with Gasteiger partial charge < -0.3 is 9.30 Å². The van der Waals surface area contributed by atoms with E-state index in [-0.39, 0.29) is 11.7 Å². The number of imidazole rings is 1. The molecule has 0 aliphatic heterocycles. The second-order valence-electron chi connectivity index (χ2n) is 7.49. The Kier molecular flexibility index (Phi) is 5.66. The first-order chi connectivity index (χ1) is 15.0. The Bertz CT molecular complexity index is 1220. The maximum Gasteiger partial charge on any atom is 0.301 e. The molecule has 2 heterocycles. The molecule has 0 fully saturated rings. The average molecular weight is 418 g/mol. The van der Waals surface area contributed by atoms with E-state index in [0.717, 1.165) is 39.9 Å². The number of methoxy groups -OCH3 is 1. The third kappa shape index (κ3) is 4.26. The van der Waals surface area contributed by atoms with Crippen molar-refractivity contribution in [1.82, 2.24) is 19.7 Å². The summed E-state index contributed by atoms with van der Waals surface area (Å²) in [4.78, 5) is 4.28. The van der Waals surface area contributed by atoms with Crippen LogP contribution in [0.1, 0.15) is 41.3 Å². The number of rotatable bonds is 6. The van der Waals surface area contributed by atoms with Crippen molar-refractivity contribution in [3.8, 4) is 11.4 Å². The highest BCUT2D eigenvalue weighted by Crippen LogP contribution is 2.25. The number of nitrogens with zero attached hydrogens (tertiary/aromatic N) is 4. The van der Waals surface area contributed by atoms with Crippen LogP contribution in [0.3, 0.4) is 0 Å². The Morgan fingerprint density at radius 2 is 1.94 bits per heavy atom. The predicted octanol–water partition coefficient (Wildman–Crippen LogP) is 4.20. The summed E-state index contributed by atoms with van der Waals surface area (Å²) in [6.07, 6.45) is 7.68. The second kappa shape index (κ2) is 8.55. The van der Waals surface area contributed by atoms with Crippen LogP contribution in [0, 0.1) is 12.7 Å². The van der Waals surface area contributed by atoms with Crippen molar-refractivity contribution >= 4 is 12.2 Å². The number of halogens is 1. The first kappa shape index (κ1) is 20.5. The molecule has 2 aromatic carbocycles. The first-order valence-electron chi connectivity index (χ1n) is 10.0. The van der Waals surface area contributed by atoms with Crippen molar-refractivity contribution in [2.24, 2.45) is 7.05 Å². The van der Waals surface area contributed by atoms with Crippen molar-refractivity contribution in [3.63, 3.8) is 0 Å². The molecule has 0 amide bonds. The topological polar surface area (TPSA) is 59.6 Å². The van der Waals surface area contributed by atoms with Gasteiger partial charge in [0.05, 0.1) is 37.8 Å². The number of benzene rings is 2. The van der Waals surface area contributed by atoms with Gasteiger partial charge in [-0.2, -0.15) is 0 Å². The van der Waals surface area contributed by atoms with Crippen LogP contribution in [-0.2, 0) is 7.05 Å². The van der Waals surface area contributed by atoms with E-state index in [0.29, 0.717) is 0 Å². The number of aromatic nitrogens is 5. The lowest BCUT2D eigenvalue weighted by Gasteiger charge is -2.09. The molecule has 0 unspecified atom stereocenters. The molecule has 7 heteroatoms. The zero-order valence-electron chi connectivity index (χ0n) is 18.0. The number of H-pyrrole nitrogens is 1. The van der Waals surface area contributed by atoms with E-state index in [1.54, 1.807) is 25.6 Å². The molecule has 0 saturated carbocycles. The Labute approximate surface area is 180 Å². The van der Waals surface area contributed by atoms with Crippen LogP contribution in [0.4, 0.5) is 4.39 Å². The van der Waals surface area contributed by atoms with Gasteiger partial charge >= 0.3 is 5.82 Å². The number of hydrogen-bond acceptors (Lipinski definition) is 3. The SMILES string of the molecule is COc1cc(C=Cc2n[nH]c([C@H](C)c3ccc(F)cc3)[n+]2C)ccc1-n1cnc(C)c1. The van der Waals surface area contributed by atoms with Crippen LogP contribution >= 0.6 is 0 Å². The number of ether oxygens (including phenoxy) is 1. The zero-order valence-corrected chi connectivity index (χ0v) is 18.0. The van der Waals surface area contributed by atoms with Gasteiger partial charge in [0.15, 0.2) is 0 Å². The van der Waals surface area contributed by atoms with Crippen LogP contribution in [0.5, 0.6) is 5.75 Å². The fourth-order valence-corrected chi connectivity index (χ4v) is 3.57. The van der Waals surface area contributed by atoms with E-state index >= 15 is 0 Å². The van der Waals surface area contributed by atoms with Crippen molar-refractivity contribution < 1.29 is 13.7 Å². The Balaban J connectivity index is 1.57. The first-order valence-corrected chi connectivity index (χ1v) is 10.0. The summed E-state index contributed by atoms with van der Waals surface area (Å²) in [6, 6.07) is 12.6. The Hall–Kier alpha value is -3.74. The molecule has 0 aliphatic carbocycles. The molecular weight excluding hydrogens is 393 g/mol. The summed E-state index contributed by atoms with van der Waals surface area (Å²) in [7, 11) is 3.62. The quantitative estimate of drug-likeness (QED) is 0.478. The van der Waals surface area contributed by atoms with Gasteiger partial charge in [-0.3, -0.25) is 0 Å². The lowest BCUT2D eigenvalue weighted by Crippen LogP contribution is -2.35. The van der Waals surface area contributed by atoms with Gasteiger partial charge in [-0.15, -0.1) is 5.10 Å². The van der Waals surface area contributed by atoms with Crippen molar-refractivity contribution in [1.29, 1.82) is 0 Å². The number of hydrogen-bond donors (Lipinski definition) is 1. The van der Waals surface area contributed by atoms with Gasteiger partial charge in [0, 0.05) is 17.4 Å². The highest BCUT2D eigenvalue weighted by Gasteiger charge is 2.22. The fourth-order valence-electron chi connectivity index (χ4n) is 3.57. The van der Waals surface area contributed by atoms with Crippen LogP contribution in [0.2, 0.25) is 0 Å². The summed E-state index contributed by atoms with van der Waals surface area (Å²) in [6.45, 7) is 4.02. The van der Waals surface area contributed by atoms with Crippen LogP contribution < -0.4 is 9.30 Å². The zero-order chi connectivity index (χ0) is 22.0. The molecule has 4 aromatic rings. The third-order valence-corrected chi connectivity index (χ3v) is 5.39. The summed E-state index contributed by atoms with van der Waals surface area (Å²) in [5, 5.41) is 7.55. The molecule has 0 bridgehead atoms. The van der Waals surface area contributed by atoms with E-state index in [1.165, 1.54) is 12.1 Å². The van der Waals surface area contributed by atoms with Crippen molar-refractivity contribution in [2.45, 2.75) is 19.8 Å². The van der Waals surface area contributed by atoms with E-state index in [1.807, 2.05) is 59.7 Å². The van der Waals surface area contributed by atoms with E-state index in [2.05, 4.69) is 22.1 Å². The van der Waals surface area contributed by atoms with Gasteiger partial charge in [-0.05, 0) is 55.3 Å². The highest BCUT2D eigenvalue weighted by molar-refractivity contribution is 5.68. The number of nitrogens with one attached hydrogen (secondary N) is 1. The Morgan fingerprint density at radius 3 is 2.61 bits per heavy atom. The maximum absolute atomic E-state index is 13.2. The van der Waals surface area contributed by atoms with Crippen LogP contribution in [0.15, 0.2) is 55.0 Å². The monoisotopic (exact) mass is 418 g/mol. The average Bonchev–Trinajstić information content (AvgIpc) is 3.37. The molecule has 1 N–H and O–H groups in total. The van der Waals surface area contributed by atoms with E-state index in [4.69, 9.17) is 4.74 Å². The summed E-state index contributed by atoms with van der Waals surface area (Å²) >= 11 is 0. The molecule has 31 heavy (non-hydrogen) atoms. The fraction of sp³-hybridized carbons (Fsp3) is 0.208. The molecule has 158 valence electrons. The number of aryl methyl sites for hydroxylation is 1. The minimum atomic E-state index is -0.238. The molecular formula is C24H25FN5O+. The lowest BCUT2D eigenvalue weighted by molar-refractivity contribution is -0.681. The highest BCUT2D eigenvalue weighted by atomic mass is 19.1. The van der Waals surface area contributed by atoms with Gasteiger partial charge in [-0.25, -0.2) is 13.9 Å². The van der Waals surface area contributed by atoms with E-state index < -0.39 is 0 Å². The standard InChI is InChI=1S/C24H24FN5O/c1-16-14-30(15-26-16)21-11-5-18(13-22(21)31-4)6-12-23-27-28-24(29(23)3)17(2)19-7-9-20(25)10-8-19/h5-15,17H,1-4H3/p+1/t17-/m1/s1. The predicted molar refractivity (Wildman–Crippen MR) is 117 cm³/mol. The molecule has 6 nitrogen and oxygen atoms in total. The summed E-state index contributed by atoms with van der Waals surface area (Å²) in [5.41, 5.74) is 3.89. The number of aromatic amines is 1. The summed E-state index contributed by atoms with van der Waals surface area (Å²) < 4.78 is 22.8. The normalized spacial score (nSPS) is 12.4. The molecule has 1 atom stereocenters. The van der Waals surface area contributed by atoms with Crippen molar-refractivity contribution in [2.75, 3.05) is 7.11 Å². The smallest absolute Gasteiger partial charge is 0.301 e.